The molecule has 21 heavy (non-hydrogen) atoms. The Morgan fingerprint density at radius 3 is 2.14 bits per heavy atom. The maximum atomic E-state index is 6.63. The third-order valence-electron chi connectivity index (χ3n) is 4.38. The average Bonchev–Trinajstić information content (AvgIpc) is 2.89. The highest BCUT2D eigenvalue weighted by molar-refractivity contribution is 6.89. The largest absolute Gasteiger partial charge is 0.390 e. The van der Waals surface area contributed by atoms with E-state index in [0.29, 0.717) is 12.0 Å². The molecule has 0 radical (unpaired) electrons. The molecule has 0 aliphatic carbocycles. The van der Waals surface area contributed by atoms with Gasteiger partial charge in [-0.1, -0.05) is 62.4 Å². The van der Waals surface area contributed by atoms with Gasteiger partial charge in [-0.05, 0) is 29.8 Å². The molecule has 2 aromatic carbocycles. The molecule has 2 aromatic rings. The Morgan fingerprint density at radius 1 is 1.00 bits per heavy atom. The number of para-hydroxylation sites is 1. The van der Waals surface area contributed by atoms with E-state index in [4.69, 9.17) is 4.43 Å². The summed E-state index contributed by atoms with van der Waals surface area (Å²) < 4.78 is 9.15. The molecule has 3 rings (SSSR count). The summed E-state index contributed by atoms with van der Waals surface area (Å²) >= 11 is 0. The zero-order valence-corrected chi connectivity index (χ0v) is 14.0. The maximum Gasteiger partial charge on any atom is 0.331 e. The Morgan fingerprint density at radius 2 is 1.57 bits per heavy atom. The van der Waals surface area contributed by atoms with Crippen LogP contribution in [0.3, 0.4) is 0 Å². The van der Waals surface area contributed by atoms with Crippen molar-refractivity contribution >= 4 is 19.4 Å². The van der Waals surface area contributed by atoms with Gasteiger partial charge in [0, 0.05) is 12.2 Å². The molecule has 1 aliphatic rings. The molecule has 2 atom stereocenters. The predicted molar refractivity (Wildman–Crippen MR) is 91.2 cm³/mol. The van der Waals surface area contributed by atoms with Crippen molar-refractivity contribution in [1.29, 1.82) is 0 Å². The summed E-state index contributed by atoms with van der Waals surface area (Å²) in [6.07, 6.45) is 0.307. The molecular formula is C18H23NOSi. The highest BCUT2D eigenvalue weighted by atomic mass is 28.4. The minimum atomic E-state index is -2.13. The molecule has 0 aromatic heterocycles. The van der Waals surface area contributed by atoms with Crippen molar-refractivity contribution in [1.82, 2.24) is 0 Å². The molecule has 0 saturated carbocycles. The van der Waals surface area contributed by atoms with E-state index in [1.165, 1.54) is 10.9 Å². The third-order valence-corrected chi connectivity index (χ3v) is 8.02. The van der Waals surface area contributed by atoms with Gasteiger partial charge in [-0.3, -0.25) is 0 Å². The number of hydrogen-bond donors (Lipinski definition) is 0. The molecule has 0 spiro atoms. The second-order valence-electron chi connectivity index (χ2n) is 6.20. The lowest BCUT2D eigenvalue weighted by molar-refractivity contribution is 0.183. The number of rotatable bonds is 3. The van der Waals surface area contributed by atoms with Crippen molar-refractivity contribution in [3.05, 3.63) is 60.7 Å². The third kappa shape index (κ3) is 2.63. The summed E-state index contributed by atoms with van der Waals surface area (Å²) in [6, 6.07) is 21.4. The number of benzene rings is 2. The van der Waals surface area contributed by atoms with Gasteiger partial charge in [0.25, 0.3) is 0 Å². The van der Waals surface area contributed by atoms with Crippen LogP contribution in [0.2, 0.25) is 6.55 Å². The average molecular weight is 297 g/mol. The SMILES string of the molecule is CC(C)[C@@H]1CN(c2ccccc2)[Si@@](C)(c2ccccc2)O1. The van der Waals surface area contributed by atoms with E-state index in [-0.39, 0.29) is 0 Å². The highest BCUT2D eigenvalue weighted by Crippen LogP contribution is 2.31. The minimum absolute atomic E-state index is 0.307. The van der Waals surface area contributed by atoms with Gasteiger partial charge in [0.2, 0.25) is 0 Å². The van der Waals surface area contributed by atoms with E-state index in [1.807, 2.05) is 0 Å². The smallest absolute Gasteiger partial charge is 0.331 e. The summed E-state index contributed by atoms with van der Waals surface area (Å²) in [5, 5.41) is 1.34. The summed E-state index contributed by atoms with van der Waals surface area (Å²) in [4.78, 5) is 0. The van der Waals surface area contributed by atoms with Gasteiger partial charge in [-0.15, -0.1) is 0 Å². The molecule has 1 saturated heterocycles. The van der Waals surface area contributed by atoms with Crippen LogP contribution in [0.25, 0.3) is 0 Å². The van der Waals surface area contributed by atoms with E-state index in [9.17, 15) is 0 Å². The van der Waals surface area contributed by atoms with Crippen molar-refractivity contribution < 1.29 is 4.43 Å². The molecule has 3 heteroatoms. The van der Waals surface area contributed by atoms with Crippen LogP contribution in [0.1, 0.15) is 13.8 Å². The first-order chi connectivity index (χ1) is 10.1. The molecule has 1 aliphatic heterocycles. The van der Waals surface area contributed by atoms with Crippen LogP contribution in [0.4, 0.5) is 5.69 Å². The molecular weight excluding hydrogens is 274 g/mol. The fourth-order valence-corrected chi connectivity index (χ4v) is 6.52. The molecule has 0 bridgehead atoms. The van der Waals surface area contributed by atoms with E-state index in [0.717, 1.165) is 6.54 Å². The van der Waals surface area contributed by atoms with E-state index >= 15 is 0 Å². The Kier molecular flexibility index (Phi) is 3.87. The molecule has 0 amide bonds. The lowest BCUT2D eigenvalue weighted by atomic mass is 10.1. The molecule has 1 fully saturated rings. The molecule has 0 unspecified atom stereocenters. The second kappa shape index (κ2) is 5.66. The van der Waals surface area contributed by atoms with Gasteiger partial charge in [0.1, 0.15) is 0 Å². The fraction of sp³-hybridized carbons (Fsp3) is 0.333. The van der Waals surface area contributed by atoms with E-state index in [1.54, 1.807) is 0 Å². The Bertz CT molecular complexity index is 587. The molecule has 1 heterocycles. The van der Waals surface area contributed by atoms with Crippen LogP contribution in [0.5, 0.6) is 0 Å². The summed E-state index contributed by atoms with van der Waals surface area (Å²) in [5.41, 5.74) is 1.28. The first-order valence-corrected chi connectivity index (χ1v) is 10.0. The van der Waals surface area contributed by atoms with Crippen molar-refractivity contribution in [3.63, 3.8) is 0 Å². The van der Waals surface area contributed by atoms with Crippen molar-refractivity contribution in [2.75, 3.05) is 11.1 Å². The van der Waals surface area contributed by atoms with Crippen LogP contribution < -0.4 is 9.75 Å². The second-order valence-corrected chi connectivity index (χ2v) is 9.51. The predicted octanol–water partition coefficient (Wildman–Crippen LogP) is 3.53. The van der Waals surface area contributed by atoms with E-state index in [2.05, 4.69) is 85.6 Å². The zero-order valence-electron chi connectivity index (χ0n) is 13.0. The maximum absolute atomic E-state index is 6.63. The zero-order chi connectivity index (χ0) is 14.9. The van der Waals surface area contributed by atoms with Gasteiger partial charge < -0.3 is 8.99 Å². The van der Waals surface area contributed by atoms with Gasteiger partial charge >= 0.3 is 8.48 Å². The van der Waals surface area contributed by atoms with Crippen molar-refractivity contribution in [2.45, 2.75) is 26.5 Å². The van der Waals surface area contributed by atoms with Gasteiger partial charge in [0.15, 0.2) is 0 Å². The van der Waals surface area contributed by atoms with Crippen molar-refractivity contribution in [2.24, 2.45) is 5.92 Å². The molecule has 2 nitrogen and oxygen atoms in total. The highest BCUT2D eigenvalue weighted by Gasteiger charge is 2.48. The summed E-state index contributed by atoms with van der Waals surface area (Å²) in [6.45, 7) is 7.80. The summed E-state index contributed by atoms with van der Waals surface area (Å²) in [5.74, 6) is 0.536. The Balaban J connectivity index is 2.03. The van der Waals surface area contributed by atoms with Crippen LogP contribution in [0, 0.1) is 5.92 Å². The monoisotopic (exact) mass is 297 g/mol. The van der Waals surface area contributed by atoms with Crippen LogP contribution in [-0.2, 0) is 4.43 Å². The van der Waals surface area contributed by atoms with Crippen LogP contribution in [-0.4, -0.2) is 21.1 Å². The fourth-order valence-electron chi connectivity index (χ4n) is 3.03. The molecule has 0 N–H and O–H groups in total. The number of nitrogens with zero attached hydrogens (tertiary/aromatic N) is 1. The number of hydrogen-bond acceptors (Lipinski definition) is 2. The first-order valence-electron chi connectivity index (χ1n) is 7.67. The minimum Gasteiger partial charge on any atom is -0.390 e. The van der Waals surface area contributed by atoms with Gasteiger partial charge in [0.05, 0.1) is 6.10 Å². The van der Waals surface area contributed by atoms with E-state index < -0.39 is 8.48 Å². The lowest BCUT2D eigenvalue weighted by Crippen LogP contribution is -2.58. The normalized spacial score (nSPS) is 25.5. The van der Waals surface area contributed by atoms with Gasteiger partial charge in [-0.2, -0.15) is 0 Å². The Hall–Kier alpha value is -1.58. The summed E-state index contributed by atoms with van der Waals surface area (Å²) in [7, 11) is -2.13. The topological polar surface area (TPSA) is 12.5 Å². The quantitative estimate of drug-likeness (QED) is 0.804. The standard InChI is InChI=1S/C18H23NOSi/c1-15(2)18-14-19(16-10-6-4-7-11-16)21(3,20-18)17-12-8-5-9-13-17/h4-13,15,18H,14H2,1-3H3/t18-,21+/m0/s1. The molecule has 110 valence electrons. The van der Waals surface area contributed by atoms with Crippen molar-refractivity contribution in [3.8, 4) is 0 Å². The number of anilines is 1. The first kappa shape index (κ1) is 14.4. The lowest BCUT2D eigenvalue weighted by Gasteiger charge is -2.33. The Labute approximate surface area is 128 Å². The van der Waals surface area contributed by atoms with Crippen LogP contribution >= 0.6 is 0 Å². The van der Waals surface area contributed by atoms with Gasteiger partial charge in [-0.25, -0.2) is 0 Å². The van der Waals surface area contributed by atoms with Crippen LogP contribution in [0.15, 0.2) is 60.7 Å².